The molecular weight excluding hydrogens is 188 g/mol. The Morgan fingerprint density at radius 1 is 1.33 bits per heavy atom. The molecular formula is C12H22N2O. The van der Waals surface area contributed by atoms with Gasteiger partial charge in [-0.1, -0.05) is 32.0 Å². The molecule has 0 saturated carbocycles. The number of phenolic OH excluding ortho intramolecular Hbond substituents is 1. The molecule has 1 aromatic carbocycles. The summed E-state index contributed by atoms with van der Waals surface area (Å²) in [5.41, 5.74) is 6.48. The van der Waals surface area contributed by atoms with E-state index in [0.29, 0.717) is 12.3 Å². The summed E-state index contributed by atoms with van der Waals surface area (Å²) in [6, 6.07) is 7.44. The van der Waals surface area contributed by atoms with Crippen molar-refractivity contribution in [1.29, 1.82) is 0 Å². The van der Waals surface area contributed by atoms with E-state index in [4.69, 9.17) is 5.73 Å². The second-order valence-corrected chi connectivity index (χ2v) is 3.24. The monoisotopic (exact) mass is 210 g/mol. The summed E-state index contributed by atoms with van der Waals surface area (Å²) in [5, 5.41) is 12.6. The first kappa shape index (κ1) is 13.9. The molecule has 4 N–H and O–H groups in total. The van der Waals surface area contributed by atoms with Gasteiger partial charge in [0.15, 0.2) is 0 Å². The lowest BCUT2D eigenvalue weighted by Gasteiger charge is -2.08. The summed E-state index contributed by atoms with van der Waals surface area (Å²) < 4.78 is 0. The van der Waals surface area contributed by atoms with Gasteiger partial charge in [-0.3, -0.25) is 0 Å². The highest BCUT2D eigenvalue weighted by molar-refractivity contribution is 5.31. The summed E-state index contributed by atoms with van der Waals surface area (Å²) in [4.78, 5) is 0. The number of benzene rings is 1. The molecule has 3 heteroatoms. The van der Waals surface area contributed by atoms with E-state index >= 15 is 0 Å². The Morgan fingerprint density at radius 2 is 1.93 bits per heavy atom. The van der Waals surface area contributed by atoms with E-state index in [9.17, 15) is 5.11 Å². The largest absolute Gasteiger partial charge is 0.508 e. The minimum atomic E-state index is 0.144. The Hall–Kier alpha value is -1.06. The van der Waals surface area contributed by atoms with Crippen molar-refractivity contribution < 1.29 is 5.11 Å². The molecule has 0 aromatic heterocycles. The van der Waals surface area contributed by atoms with Crippen molar-refractivity contribution in [1.82, 2.24) is 5.32 Å². The Kier molecular flexibility index (Phi) is 7.68. The fraction of sp³-hybridized carbons (Fsp3) is 0.500. The molecule has 1 aromatic rings. The third-order valence-electron chi connectivity index (χ3n) is 1.77. The molecule has 0 heterocycles. The maximum absolute atomic E-state index is 9.40. The first-order valence-corrected chi connectivity index (χ1v) is 5.43. The van der Waals surface area contributed by atoms with Gasteiger partial charge in [-0.2, -0.15) is 0 Å². The molecule has 0 spiro atoms. The average Bonchev–Trinajstić information content (AvgIpc) is 2.23. The van der Waals surface area contributed by atoms with Crippen molar-refractivity contribution in [2.45, 2.75) is 33.4 Å². The number of nitrogens with one attached hydrogen (secondary N) is 1. The third kappa shape index (κ3) is 6.10. The van der Waals surface area contributed by atoms with Crippen molar-refractivity contribution in [2.75, 3.05) is 6.54 Å². The maximum Gasteiger partial charge on any atom is 0.120 e. The highest BCUT2D eigenvalue weighted by atomic mass is 16.3. The molecule has 0 amide bonds. The number of nitrogens with two attached hydrogens (primary N) is 1. The van der Waals surface area contributed by atoms with E-state index < -0.39 is 0 Å². The molecule has 0 aliphatic heterocycles. The number of hydrogen-bond acceptors (Lipinski definition) is 3. The second kappa shape index (κ2) is 8.26. The average molecular weight is 210 g/mol. The molecule has 0 saturated heterocycles. The van der Waals surface area contributed by atoms with Crippen LogP contribution in [0, 0.1) is 0 Å². The van der Waals surface area contributed by atoms with Crippen LogP contribution in [0.1, 0.15) is 26.3 Å². The SMILES string of the molecule is CC.CC(N)CNCc1ccccc1O. The smallest absolute Gasteiger partial charge is 0.120 e. The van der Waals surface area contributed by atoms with Gasteiger partial charge in [0.2, 0.25) is 0 Å². The fourth-order valence-electron chi connectivity index (χ4n) is 1.09. The Morgan fingerprint density at radius 3 is 2.47 bits per heavy atom. The van der Waals surface area contributed by atoms with Gasteiger partial charge in [0.25, 0.3) is 0 Å². The van der Waals surface area contributed by atoms with Crippen molar-refractivity contribution in [3.05, 3.63) is 29.8 Å². The topological polar surface area (TPSA) is 58.3 Å². The molecule has 0 aliphatic rings. The van der Waals surface area contributed by atoms with E-state index in [1.54, 1.807) is 6.07 Å². The molecule has 3 nitrogen and oxygen atoms in total. The summed E-state index contributed by atoms with van der Waals surface area (Å²) in [6.07, 6.45) is 0. The highest BCUT2D eigenvalue weighted by Crippen LogP contribution is 2.14. The van der Waals surface area contributed by atoms with Crippen LogP contribution in [0.4, 0.5) is 0 Å². The van der Waals surface area contributed by atoms with E-state index in [2.05, 4.69) is 5.32 Å². The molecule has 1 unspecified atom stereocenters. The number of aromatic hydroxyl groups is 1. The van der Waals surface area contributed by atoms with Gasteiger partial charge in [0.05, 0.1) is 0 Å². The standard InChI is InChI=1S/C10H16N2O.C2H6/c1-8(11)6-12-7-9-4-2-3-5-10(9)13;1-2/h2-5,8,12-13H,6-7,11H2,1H3;1-2H3. The van der Waals surface area contributed by atoms with Crippen molar-refractivity contribution in [2.24, 2.45) is 5.73 Å². The van der Waals surface area contributed by atoms with Crippen LogP contribution in [-0.2, 0) is 6.54 Å². The third-order valence-corrected chi connectivity index (χ3v) is 1.77. The first-order chi connectivity index (χ1) is 7.20. The van der Waals surface area contributed by atoms with Gasteiger partial charge in [0, 0.05) is 24.7 Å². The summed E-state index contributed by atoms with van der Waals surface area (Å²) in [6.45, 7) is 7.36. The van der Waals surface area contributed by atoms with Crippen LogP contribution in [0.25, 0.3) is 0 Å². The van der Waals surface area contributed by atoms with Crippen LogP contribution < -0.4 is 11.1 Å². The zero-order valence-electron chi connectivity index (χ0n) is 9.83. The molecule has 15 heavy (non-hydrogen) atoms. The molecule has 1 atom stereocenters. The van der Waals surface area contributed by atoms with Gasteiger partial charge >= 0.3 is 0 Å². The highest BCUT2D eigenvalue weighted by Gasteiger charge is 1.98. The zero-order chi connectivity index (χ0) is 11.7. The van der Waals surface area contributed by atoms with Crippen LogP contribution >= 0.6 is 0 Å². The van der Waals surface area contributed by atoms with Crippen molar-refractivity contribution in [3.63, 3.8) is 0 Å². The van der Waals surface area contributed by atoms with Gasteiger partial charge in [-0.05, 0) is 13.0 Å². The predicted octanol–water partition coefficient (Wildman–Crippen LogP) is 1.86. The van der Waals surface area contributed by atoms with Crippen LogP contribution in [0.2, 0.25) is 0 Å². The molecule has 0 radical (unpaired) electrons. The van der Waals surface area contributed by atoms with Crippen molar-refractivity contribution in [3.8, 4) is 5.75 Å². The molecule has 1 rings (SSSR count). The number of para-hydroxylation sites is 1. The molecule has 86 valence electrons. The van der Waals surface area contributed by atoms with Crippen LogP contribution in [0.15, 0.2) is 24.3 Å². The summed E-state index contributed by atoms with van der Waals surface area (Å²) in [5.74, 6) is 0.333. The van der Waals surface area contributed by atoms with E-state index in [0.717, 1.165) is 12.1 Å². The lowest BCUT2D eigenvalue weighted by Crippen LogP contribution is -2.30. The fourth-order valence-corrected chi connectivity index (χ4v) is 1.09. The predicted molar refractivity (Wildman–Crippen MR) is 64.8 cm³/mol. The molecule has 0 bridgehead atoms. The van der Waals surface area contributed by atoms with Gasteiger partial charge in [0.1, 0.15) is 5.75 Å². The normalized spacial score (nSPS) is 11.5. The van der Waals surface area contributed by atoms with Gasteiger partial charge in [-0.15, -0.1) is 0 Å². The Bertz CT molecular complexity index is 262. The second-order valence-electron chi connectivity index (χ2n) is 3.24. The minimum absolute atomic E-state index is 0.144. The quantitative estimate of drug-likeness (QED) is 0.711. The first-order valence-electron chi connectivity index (χ1n) is 5.43. The number of rotatable bonds is 4. The van der Waals surface area contributed by atoms with Crippen LogP contribution in [0.3, 0.4) is 0 Å². The zero-order valence-corrected chi connectivity index (χ0v) is 9.83. The van der Waals surface area contributed by atoms with Crippen LogP contribution in [-0.4, -0.2) is 17.7 Å². The van der Waals surface area contributed by atoms with Gasteiger partial charge < -0.3 is 16.2 Å². The summed E-state index contributed by atoms with van der Waals surface area (Å²) in [7, 11) is 0. The van der Waals surface area contributed by atoms with Crippen LogP contribution in [0.5, 0.6) is 5.75 Å². The summed E-state index contributed by atoms with van der Waals surface area (Å²) >= 11 is 0. The lowest BCUT2D eigenvalue weighted by atomic mass is 10.2. The van der Waals surface area contributed by atoms with E-state index in [1.807, 2.05) is 39.0 Å². The Labute approximate surface area is 92.3 Å². The van der Waals surface area contributed by atoms with E-state index in [-0.39, 0.29) is 6.04 Å². The number of phenols is 1. The molecule has 0 aliphatic carbocycles. The van der Waals surface area contributed by atoms with E-state index in [1.165, 1.54) is 0 Å². The maximum atomic E-state index is 9.40. The van der Waals surface area contributed by atoms with Crippen molar-refractivity contribution >= 4 is 0 Å². The molecule has 0 fully saturated rings. The number of hydrogen-bond donors (Lipinski definition) is 3. The lowest BCUT2D eigenvalue weighted by molar-refractivity contribution is 0.463. The minimum Gasteiger partial charge on any atom is -0.508 e. The van der Waals surface area contributed by atoms with Gasteiger partial charge in [-0.25, -0.2) is 0 Å². The Balaban J connectivity index is 0.000000921.